The third kappa shape index (κ3) is 2.32. The Hall–Kier alpha value is -0.770. The van der Waals surface area contributed by atoms with E-state index in [1.54, 1.807) is 0 Å². The minimum absolute atomic E-state index is 0.0212. The number of amides is 1. The second-order valence-corrected chi connectivity index (χ2v) is 5.61. The van der Waals surface area contributed by atoms with Crippen LogP contribution in [0.5, 0.6) is 0 Å². The number of nitrogens with zero attached hydrogens (tertiary/aromatic N) is 1. The Labute approximate surface area is 104 Å². The normalized spacial score (nSPS) is 17.2. The highest BCUT2D eigenvalue weighted by Crippen LogP contribution is 2.47. The van der Waals surface area contributed by atoms with Crippen molar-refractivity contribution in [1.82, 2.24) is 9.88 Å². The zero-order valence-electron chi connectivity index (χ0n) is 9.72. The lowest BCUT2D eigenvalue weighted by Gasteiger charge is -2.13. The van der Waals surface area contributed by atoms with E-state index in [4.69, 9.17) is 0 Å². The fourth-order valence-electron chi connectivity index (χ4n) is 1.94. The van der Waals surface area contributed by atoms with Gasteiger partial charge in [-0.05, 0) is 46.7 Å². The number of hydrogen-bond acceptors (Lipinski definition) is 1. The molecule has 16 heavy (non-hydrogen) atoms. The molecule has 1 heterocycles. The molecule has 0 bridgehead atoms. The van der Waals surface area contributed by atoms with Gasteiger partial charge in [0.05, 0.1) is 0 Å². The van der Waals surface area contributed by atoms with E-state index in [0.717, 1.165) is 17.4 Å². The molecule has 1 amide bonds. The van der Waals surface area contributed by atoms with Gasteiger partial charge in [-0.15, -0.1) is 0 Å². The van der Waals surface area contributed by atoms with Crippen LogP contribution >= 0.6 is 15.9 Å². The number of nitrogens with one attached hydrogen (secondary N) is 1. The summed E-state index contributed by atoms with van der Waals surface area (Å²) in [5.74, 6) is 0.0212. The predicted octanol–water partition coefficient (Wildman–Crippen LogP) is 2.71. The van der Waals surface area contributed by atoms with E-state index in [1.165, 1.54) is 12.8 Å². The summed E-state index contributed by atoms with van der Waals surface area (Å²) in [4.78, 5) is 11.9. The van der Waals surface area contributed by atoms with Gasteiger partial charge >= 0.3 is 0 Å². The van der Waals surface area contributed by atoms with Crippen molar-refractivity contribution < 1.29 is 4.79 Å². The maximum absolute atomic E-state index is 11.9. The van der Waals surface area contributed by atoms with Crippen molar-refractivity contribution in [2.75, 3.05) is 6.54 Å². The summed E-state index contributed by atoms with van der Waals surface area (Å²) < 4.78 is 2.78. The number of rotatable bonds is 4. The molecule has 1 aromatic rings. The van der Waals surface area contributed by atoms with Gasteiger partial charge in [-0.1, -0.05) is 6.92 Å². The second-order valence-electron chi connectivity index (χ2n) is 4.69. The van der Waals surface area contributed by atoms with Crippen LogP contribution in [0.1, 0.15) is 36.7 Å². The Morgan fingerprint density at radius 3 is 2.75 bits per heavy atom. The summed E-state index contributed by atoms with van der Waals surface area (Å²) >= 11 is 3.37. The summed E-state index contributed by atoms with van der Waals surface area (Å²) in [6.07, 6.45) is 5.55. The summed E-state index contributed by atoms with van der Waals surface area (Å²) in [7, 11) is 1.88. The van der Waals surface area contributed by atoms with Gasteiger partial charge in [0.25, 0.3) is 5.91 Å². The summed E-state index contributed by atoms with van der Waals surface area (Å²) in [6, 6.07) is 1.85. The van der Waals surface area contributed by atoms with E-state index < -0.39 is 0 Å². The van der Waals surface area contributed by atoms with Gasteiger partial charge in [0.1, 0.15) is 5.69 Å². The van der Waals surface area contributed by atoms with Crippen molar-refractivity contribution in [3.8, 4) is 0 Å². The molecule has 1 aliphatic rings. The Kier molecular flexibility index (Phi) is 3.10. The van der Waals surface area contributed by atoms with Crippen molar-refractivity contribution in [3.63, 3.8) is 0 Å². The van der Waals surface area contributed by atoms with E-state index in [9.17, 15) is 4.79 Å². The molecule has 0 atom stereocenters. The molecule has 0 saturated heterocycles. The standard InChI is InChI=1S/C12H17BrN2O/c1-3-12(4-5-12)8-14-11(16)10-6-9(13)7-15(10)2/h6-7H,3-5,8H2,1-2H3,(H,14,16). The molecule has 1 saturated carbocycles. The van der Waals surface area contributed by atoms with Crippen molar-refractivity contribution in [1.29, 1.82) is 0 Å². The SMILES string of the molecule is CCC1(CNC(=O)c2cc(Br)cn2C)CC1. The topological polar surface area (TPSA) is 34.0 Å². The Balaban J connectivity index is 1.96. The molecular weight excluding hydrogens is 268 g/mol. The van der Waals surface area contributed by atoms with Crippen LogP contribution in [0.25, 0.3) is 0 Å². The molecule has 0 radical (unpaired) electrons. The zero-order valence-corrected chi connectivity index (χ0v) is 11.3. The van der Waals surface area contributed by atoms with Crippen LogP contribution in [0.15, 0.2) is 16.7 Å². The maximum atomic E-state index is 11.9. The van der Waals surface area contributed by atoms with Crippen LogP contribution in [0.3, 0.4) is 0 Å². The van der Waals surface area contributed by atoms with Gasteiger partial charge in [0.2, 0.25) is 0 Å². The Bertz CT molecular complexity index is 407. The molecule has 0 spiro atoms. The maximum Gasteiger partial charge on any atom is 0.267 e. The summed E-state index contributed by atoms with van der Waals surface area (Å²) in [5.41, 5.74) is 1.11. The first-order valence-electron chi connectivity index (χ1n) is 5.66. The molecule has 1 fully saturated rings. The lowest BCUT2D eigenvalue weighted by Crippen LogP contribution is -2.31. The highest BCUT2D eigenvalue weighted by molar-refractivity contribution is 9.10. The lowest BCUT2D eigenvalue weighted by molar-refractivity contribution is 0.0936. The van der Waals surface area contributed by atoms with Gasteiger partial charge in [-0.2, -0.15) is 0 Å². The highest BCUT2D eigenvalue weighted by atomic mass is 79.9. The fourth-order valence-corrected chi connectivity index (χ4v) is 2.46. The van der Waals surface area contributed by atoms with Crippen molar-refractivity contribution in [3.05, 3.63) is 22.4 Å². The number of halogens is 1. The van der Waals surface area contributed by atoms with E-state index in [2.05, 4.69) is 28.2 Å². The molecule has 2 rings (SSSR count). The molecular formula is C12H17BrN2O. The highest BCUT2D eigenvalue weighted by Gasteiger charge is 2.40. The van der Waals surface area contributed by atoms with Crippen LogP contribution in [0.2, 0.25) is 0 Å². The van der Waals surface area contributed by atoms with Crippen molar-refractivity contribution >= 4 is 21.8 Å². The smallest absolute Gasteiger partial charge is 0.267 e. The largest absolute Gasteiger partial charge is 0.350 e. The van der Waals surface area contributed by atoms with E-state index in [0.29, 0.717) is 11.1 Å². The van der Waals surface area contributed by atoms with Crippen molar-refractivity contribution in [2.24, 2.45) is 12.5 Å². The molecule has 4 heteroatoms. The van der Waals surface area contributed by atoms with Gasteiger partial charge < -0.3 is 9.88 Å². The van der Waals surface area contributed by atoms with E-state index >= 15 is 0 Å². The molecule has 3 nitrogen and oxygen atoms in total. The van der Waals surface area contributed by atoms with Crippen molar-refractivity contribution in [2.45, 2.75) is 26.2 Å². The summed E-state index contributed by atoms with van der Waals surface area (Å²) in [5, 5.41) is 3.03. The zero-order chi connectivity index (χ0) is 11.8. The minimum Gasteiger partial charge on any atom is -0.350 e. The first-order valence-corrected chi connectivity index (χ1v) is 6.46. The van der Waals surface area contributed by atoms with Crippen LogP contribution in [0, 0.1) is 5.41 Å². The molecule has 1 N–H and O–H groups in total. The van der Waals surface area contributed by atoms with Crippen LogP contribution in [-0.2, 0) is 7.05 Å². The number of carbonyl (C=O) groups excluding carboxylic acids is 1. The van der Waals surface area contributed by atoms with Gasteiger partial charge in [0, 0.05) is 24.3 Å². The third-order valence-electron chi connectivity index (χ3n) is 3.54. The monoisotopic (exact) mass is 284 g/mol. The van der Waals surface area contributed by atoms with Gasteiger partial charge in [0.15, 0.2) is 0 Å². The van der Waals surface area contributed by atoms with Crippen LogP contribution in [-0.4, -0.2) is 17.0 Å². The number of hydrogen-bond donors (Lipinski definition) is 1. The van der Waals surface area contributed by atoms with Crippen LogP contribution in [0.4, 0.5) is 0 Å². The minimum atomic E-state index is 0.0212. The first-order chi connectivity index (χ1) is 7.56. The average Bonchev–Trinajstić information content (AvgIpc) is 2.96. The predicted molar refractivity (Wildman–Crippen MR) is 67.4 cm³/mol. The lowest BCUT2D eigenvalue weighted by atomic mass is 10.0. The fraction of sp³-hybridized carbons (Fsp3) is 0.583. The average molecular weight is 285 g/mol. The number of carbonyl (C=O) groups is 1. The second kappa shape index (κ2) is 4.24. The third-order valence-corrected chi connectivity index (χ3v) is 3.97. The van der Waals surface area contributed by atoms with Gasteiger partial charge in [-0.25, -0.2) is 0 Å². The van der Waals surface area contributed by atoms with E-state index in [1.807, 2.05) is 23.9 Å². The molecule has 88 valence electrons. The number of aryl methyl sites for hydroxylation is 1. The Morgan fingerprint density at radius 1 is 1.62 bits per heavy atom. The molecule has 0 aliphatic heterocycles. The quantitative estimate of drug-likeness (QED) is 0.906. The van der Waals surface area contributed by atoms with Crippen LogP contribution < -0.4 is 5.32 Å². The first kappa shape index (κ1) is 11.7. The molecule has 1 aliphatic carbocycles. The molecule has 1 aromatic heterocycles. The molecule has 0 unspecified atom stereocenters. The number of aromatic nitrogens is 1. The van der Waals surface area contributed by atoms with E-state index in [-0.39, 0.29) is 5.91 Å². The van der Waals surface area contributed by atoms with Gasteiger partial charge in [-0.3, -0.25) is 4.79 Å². The summed E-state index contributed by atoms with van der Waals surface area (Å²) in [6.45, 7) is 3.00. The molecule has 0 aromatic carbocycles. The Morgan fingerprint density at radius 2 is 2.31 bits per heavy atom.